The topological polar surface area (TPSA) is 84.7 Å². The van der Waals surface area contributed by atoms with Crippen LogP contribution in [0.5, 0.6) is 5.88 Å². The molecule has 1 aliphatic heterocycles. The largest absolute Gasteiger partial charge is 0.493 e. The maximum absolute atomic E-state index is 12.7. The Bertz CT molecular complexity index is 656. The molecule has 0 spiro atoms. The number of amides is 1. The van der Waals surface area contributed by atoms with E-state index in [0.717, 1.165) is 12.8 Å². The smallest absolute Gasteiger partial charge is 0.261 e. The standard InChI is InChI=1S/C17H27N3O4S/c1-4-6-12(3)14-15(22)18-17(20(5-2)16(14)23)25-11-13(21)19-7-9-24-10-8-19/h12,22H,4-11H2,1-3H3. The molecule has 1 saturated heterocycles. The number of hydrogen-bond donors (Lipinski definition) is 1. The zero-order valence-corrected chi connectivity index (χ0v) is 16.0. The van der Waals surface area contributed by atoms with Gasteiger partial charge < -0.3 is 14.7 Å². The average Bonchev–Trinajstić information content (AvgIpc) is 2.60. The second-order valence-electron chi connectivity index (χ2n) is 6.15. The maximum Gasteiger partial charge on any atom is 0.261 e. The zero-order valence-electron chi connectivity index (χ0n) is 15.2. The van der Waals surface area contributed by atoms with Gasteiger partial charge in [0.15, 0.2) is 5.16 Å². The molecule has 1 N–H and O–H groups in total. The van der Waals surface area contributed by atoms with Gasteiger partial charge in [-0.3, -0.25) is 14.2 Å². The second-order valence-corrected chi connectivity index (χ2v) is 7.10. The van der Waals surface area contributed by atoms with Gasteiger partial charge >= 0.3 is 0 Å². The molecule has 1 unspecified atom stereocenters. The summed E-state index contributed by atoms with van der Waals surface area (Å²) >= 11 is 1.20. The van der Waals surface area contributed by atoms with Gasteiger partial charge in [0.2, 0.25) is 11.8 Å². The fourth-order valence-corrected chi connectivity index (χ4v) is 3.92. The van der Waals surface area contributed by atoms with Crippen LogP contribution in [0, 0.1) is 0 Å². The molecule has 0 saturated carbocycles. The van der Waals surface area contributed by atoms with Crippen LogP contribution in [0.15, 0.2) is 9.95 Å². The first-order valence-corrected chi connectivity index (χ1v) is 9.80. The number of carbonyl (C=O) groups excluding carboxylic acids is 1. The number of ether oxygens (including phenoxy) is 1. The molecule has 1 amide bonds. The molecule has 140 valence electrons. The zero-order chi connectivity index (χ0) is 18.4. The van der Waals surface area contributed by atoms with Crippen molar-refractivity contribution in [2.45, 2.75) is 51.2 Å². The molecule has 25 heavy (non-hydrogen) atoms. The van der Waals surface area contributed by atoms with Gasteiger partial charge in [0.05, 0.1) is 24.5 Å². The van der Waals surface area contributed by atoms with Gasteiger partial charge in [-0.05, 0) is 19.3 Å². The van der Waals surface area contributed by atoms with Gasteiger partial charge in [-0.15, -0.1) is 0 Å². The molecule has 8 heteroatoms. The second kappa shape index (κ2) is 9.24. The Morgan fingerprint density at radius 3 is 2.64 bits per heavy atom. The summed E-state index contributed by atoms with van der Waals surface area (Å²) in [6.45, 7) is 8.57. The minimum Gasteiger partial charge on any atom is -0.493 e. The Balaban J connectivity index is 2.17. The first-order valence-electron chi connectivity index (χ1n) is 8.81. The number of hydrogen-bond acceptors (Lipinski definition) is 6. The third-order valence-corrected chi connectivity index (χ3v) is 5.33. The summed E-state index contributed by atoms with van der Waals surface area (Å²) in [5, 5.41) is 10.6. The van der Waals surface area contributed by atoms with Crippen molar-refractivity contribution in [2.24, 2.45) is 0 Å². The third kappa shape index (κ3) is 4.76. The van der Waals surface area contributed by atoms with Crippen LogP contribution in [0.1, 0.15) is 45.1 Å². The van der Waals surface area contributed by atoms with Gasteiger partial charge in [0.25, 0.3) is 5.56 Å². The van der Waals surface area contributed by atoms with Crippen LogP contribution in [-0.2, 0) is 16.1 Å². The van der Waals surface area contributed by atoms with E-state index in [1.165, 1.54) is 11.8 Å². The first kappa shape index (κ1) is 19.8. The van der Waals surface area contributed by atoms with E-state index >= 15 is 0 Å². The molecule has 1 aromatic heterocycles. The lowest BCUT2D eigenvalue weighted by Crippen LogP contribution is -2.41. The lowest BCUT2D eigenvalue weighted by atomic mass is 9.98. The lowest BCUT2D eigenvalue weighted by Gasteiger charge is -2.26. The fraction of sp³-hybridized carbons (Fsp3) is 0.706. The summed E-state index contributed by atoms with van der Waals surface area (Å²) < 4.78 is 6.78. The number of morpholine rings is 1. The van der Waals surface area contributed by atoms with E-state index in [-0.39, 0.29) is 29.0 Å². The molecular formula is C17H27N3O4S. The summed E-state index contributed by atoms with van der Waals surface area (Å²) in [6, 6.07) is 0. The Labute approximate surface area is 152 Å². The predicted molar refractivity (Wildman–Crippen MR) is 97.3 cm³/mol. The molecule has 0 aromatic carbocycles. The molecule has 2 rings (SSSR count). The van der Waals surface area contributed by atoms with Crippen molar-refractivity contribution in [3.8, 4) is 5.88 Å². The van der Waals surface area contributed by atoms with Gasteiger partial charge in [0.1, 0.15) is 0 Å². The van der Waals surface area contributed by atoms with E-state index < -0.39 is 0 Å². The highest BCUT2D eigenvalue weighted by molar-refractivity contribution is 7.99. The van der Waals surface area contributed by atoms with Crippen molar-refractivity contribution >= 4 is 17.7 Å². The lowest BCUT2D eigenvalue weighted by molar-refractivity contribution is -0.132. The van der Waals surface area contributed by atoms with Crippen LogP contribution in [0.4, 0.5) is 0 Å². The van der Waals surface area contributed by atoms with Gasteiger partial charge in [-0.25, -0.2) is 0 Å². The molecular weight excluding hydrogens is 342 g/mol. The van der Waals surface area contributed by atoms with Crippen molar-refractivity contribution in [3.63, 3.8) is 0 Å². The monoisotopic (exact) mass is 369 g/mol. The fourth-order valence-electron chi connectivity index (χ4n) is 2.97. The van der Waals surface area contributed by atoms with Crippen molar-refractivity contribution in [2.75, 3.05) is 32.1 Å². The number of rotatable bonds is 7. The van der Waals surface area contributed by atoms with Crippen LogP contribution in [0.2, 0.25) is 0 Å². The number of carbonyl (C=O) groups is 1. The van der Waals surface area contributed by atoms with Crippen LogP contribution < -0.4 is 5.56 Å². The first-order chi connectivity index (χ1) is 12.0. The van der Waals surface area contributed by atoms with Gasteiger partial charge in [-0.1, -0.05) is 32.0 Å². The quantitative estimate of drug-likeness (QED) is 0.583. The summed E-state index contributed by atoms with van der Waals surface area (Å²) in [5.41, 5.74) is 0.157. The molecule has 1 atom stereocenters. The summed E-state index contributed by atoms with van der Waals surface area (Å²) in [5.74, 6) is -0.0719. The Morgan fingerprint density at radius 2 is 2.04 bits per heavy atom. The number of thioether (sulfide) groups is 1. The molecule has 7 nitrogen and oxygen atoms in total. The normalized spacial score (nSPS) is 16.0. The van der Waals surface area contributed by atoms with E-state index in [1.54, 1.807) is 9.47 Å². The molecule has 0 aliphatic carbocycles. The Kier molecular flexibility index (Phi) is 7.31. The Morgan fingerprint density at radius 1 is 1.36 bits per heavy atom. The summed E-state index contributed by atoms with van der Waals surface area (Å²) in [6.07, 6.45) is 1.74. The van der Waals surface area contributed by atoms with Crippen molar-refractivity contribution in [1.82, 2.24) is 14.5 Å². The van der Waals surface area contributed by atoms with Gasteiger partial charge in [-0.2, -0.15) is 4.98 Å². The third-order valence-electron chi connectivity index (χ3n) is 4.37. The molecule has 1 fully saturated rings. The van der Waals surface area contributed by atoms with Crippen LogP contribution in [0.25, 0.3) is 0 Å². The Hall–Kier alpha value is -1.54. The van der Waals surface area contributed by atoms with Crippen LogP contribution in [-0.4, -0.2) is 57.5 Å². The van der Waals surface area contributed by atoms with Crippen LogP contribution >= 0.6 is 11.8 Å². The number of aromatic nitrogens is 2. The highest BCUT2D eigenvalue weighted by atomic mass is 32.2. The maximum atomic E-state index is 12.7. The molecule has 1 aromatic rings. The van der Waals surface area contributed by atoms with Crippen LogP contribution in [0.3, 0.4) is 0 Å². The summed E-state index contributed by atoms with van der Waals surface area (Å²) in [4.78, 5) is 31.0. The SMILES string of the molecule is CCCC(C)c1c(O)nc(SCC(=O)N2CCOCC2)n(CC)c1=O. The van der Waals surface area contributed by atoms with E-state index in [4.69, 9.17) is 4.74 Å². The minimum absolute atomic E-state index is 0.00637. The van der Waals surface area contributed by atoms with Crippen molar-refractivity contribution < 1.29 is 14.6 Å². The predicted octanol–water partition coefficient (Wildman–Crippen LogP) is 1.82. The number of nitrogens with zero attached hydrogens (tertiary/aromatic N) is 3. The highest BCUT2D eigenvalue weighted by Crippen LogP contribution is 2.27. The van der Waals surface area contributed by atoms with Gasteiger partial charge in [0, 0.05) is 19.6 Å². The molecule has 0 radical (unpaired) electrons. The van der Waals surface area contributed by atoms with E-state index in [2.05, 4.69) is 4.98 Å². The molecule has 2 heterocycles. The van der Waals surface area contributed by atoms with E-state index in [1.807, 2.05) is 20.8 Å². The van der Waals surface area contributed by atoms with E-state index in [0.29, 0.717) is 43.6 Å². The summed E-state index contributed by atoms with van der Waals surface area (Å²) in [7, 11) is 0. The minimum atomic E-state index is -0.211. The number of aromatic hydroxyl groups is 1. The van der Waals surface area contributed by atoms with E-state index in [9.17, 15) is 14.7 Å². The van der Waals surface area contributed by atoms with Crippen molar-refractivity contribution in [1.29, 1.82) is 0 Å². The van der Waals surface area contributed by atoms with Crippen molar-refractivity contribution in [3.05, 3.63) is 15.9 Å². The molecule has 1 aliphatic rings. The molecule has 0 bridgehead atoms. The highest BCUT2D eigenvalue weighted by Gasteiger charge is 2.22. The average molecular weight is 369 g/mol.